The molecular weight excluding hydrogens is 160 g/mol. The van der Waals surface area contributed by atoms with E-state index < -0.39 is 0 Å². The van der Waals surface area contributed by atoms with E-state index in [1.54, 1.807) is 0 Å². The molecule has 0 bridgehead atoms. The monoisotopic (exact) mass is 180 g/mol. The molecule has 0 aliphatic carbocycles. The van der Waals surface area contributed by atoms with Crippen LogP contribution in [-0.4, -0.2) is 25.7 Å². The van der Waals surface area contributed by atoms with Gasteiger partial charge in [-0.1, -0.05) is 5.92 Å². The van der Waals surface area contributed by atoms with E-state index in [1.807, 2.05) is 6.92 Å². The fourth-order valence-corrected chi connectivity index (χ4v) is 1.81. The second-order valence-electron chi connectivity index (χ2n) is 3.68. The minimum atomic E-state index is 0.614. The first-order valence-electron chi connectivity index (χ1n) is 5.18. The third-order valence-electron chi connectivity index (χ3n) is 2.78. The van der Waals surface area contributed by atoms with Crippen LogP contribution in [0.25, 0.3) is 0 Å². The van der Waals surface area contributed by atoms with Crippen LogP contribution < -0.4 is 10.6 Å². The van der Waals surface area contributed by atoms with Gasteiger partial charge in [0.1, 0.15) is 0 Å². The number of hydrogen-bond acceptors (Lipinski definition) is 2. The van der Waals surface area contributed by atoms with Crippen LogP contribution in [0.15, 0.2) is 0 Å². The summed E-state index contributed by atoms with van der Waals surface area (Å²) in [6.07, 6.45) is 2.60. The molecule has 1 rings (SSSR count). The molecule has 0 radical (unpaired) electrons. The highest BCUT2D eigenvalue weighted by molar-refractivity contribution is 4.97. The van der Waals surface area contributed by atoms with Gasteiger partial charge in [0.05, 0.1) is 6.54 Å². The van der Waals surface area contributed by atoms with Crippen LogP contribution in [-0.2, 0) is 0 Å². The van der Waals surface area contributed by atoms with Gasteiger partial charge in [-0.15, -0.1) is 5.92 Å². The van der Waals surface area contributed by atoms with Crippen molar-refractivity contribution in [2.24, 2.45) is 5.92 Å². The van der Waals surface area contributed by atoms with E-state index in [-0.39, 0.29) is 0 Å². The molecule has 0 aromatic heterocycles. The van der Waals surface area contributed by atoms with Crippen LogP contribution in [0, 0.1) is 17.8 Å². The predicted molar refractivity (Wildman–Crippen MR) is 56.5 cm³/mol. The summed E-state index contributed by atoms with van der Waals surface area (Å²) in [7, 11) is 0. The molecule has 1 saturated heterocycles. The predicted octanol–water partition coefficient (Wildman–Crippen LogP) is 0.987. The van der Waals surface area contributed by atoms with Crippen molar-refractivity contribution in [3.63, 3.8) is 0 Å². The van der Waals surface area contributed by atoms with Gasteiger partial charge in [-0.25, -0.2) is 0 Å². The van der Waals surface area contributed by atoms with Crippen LogP contribution in [0.3, 0.4) is 0 Å². The van der Waals surface area contributed by atoms with Crippen molar-refractivity contribution in [3.05, 3.63) is 0 Å². The minimum Gasteiger partial charge on any atom is -0.317 e. The first-order chi connectivity index (χ1) is 6.34. The lowest BCUT2D eigenvalue weighted by Gasteiger charge is -2.28. The van der Waals surface area contributed by atoms with Gasteiger partial charge in [-0.2, -0.15) is 0 Å². The van der Waals surface area contributed by atoms with E-state index in [9.17, 15) is 0 Å². The van der Waals surface area contributed by atoms with Gasteiger partial charge >= 0.3 is 0 Å². The van der Waals surface area contributed by atoms with Gasteiger partial charge < -0.3 is 10.6 Å². The van der Waals surface area contributed by atoms with E-state index in [0.717, 1.165) is 12.5 Å². The quantitative estimate of drug-likeness (QED) is 0.633. The Bertz CT molecular complexity index is 184. The van der Waals surface area contributed by atoms with E-state index in [4.69, 9.17) is 0 Å². The summed E-state index contributed by atoms with van der Waals surface area (Å²) in [6, 6.07) is 0.614. The fourth-order valence-electron chi connectivity index (χ4n) is 1.81. The number of hydrogen-bond donors (Lipinski definition) is 2. The van der Waals surface area contributed by atoms with Crippen molar-refractivity contribution < 1.29 is 0 Å². The Labute approximate surface area is 81.5 Å². The Balaban J connectivity index is 2.19. The smallest absolute Gasteiger partial charge is 0.0578 e. The molecule has 0 aromatic rings. The normalized spacial score (nSPS) is 20.5. The molecule has 0 amide bonds. The highest BCUT2D eigenvalue weighted by atomic mass is 14.9. The third kappa shape index (κ3) is 3.80. The second-order valence-corrected chi connectivity index (χ2v) is 3.68. The molecule has 0 spiro atoms. The number of rotatable bonds is 3. The van der Waals surface area contributed by atoms with E-state index >= 15 is 0 Å². The Morgan fingerprint density at radius 2 is 2.15 bits per heavy atom. The fraction of sp³-hybridized carbons (Fsp3) is 0.818. The van der Waals surface area contributed by atoms with Crippen molar-refractivity contribution >= 4 is 0 Å². The second kappa shape index (κ2) is 6.01. The molecule has 0 saturated carbocycles. The first kappa shape index (κ1) is 10.6. The molecule has 1 aliphatic rings. The molecular formula is C11H20N2. The summed E-state index contributed by atoms with van der Waals surface area (Å²) in [5, 5.41) is 6.83. The summed E-state index contributed by atoms with van der Waals surface area (Å²) in [5.74, 6) is 6.78. The third-order valence-corrected chi connectivity index (χ3v) is 2.78. The van der Waals surface area contributed by atoms with Gasteiger partial charge in [-0.05, 0) is 45.7 Å². The average molecular weight is 180 g/mol. The Hall–Kier alpha value is -0.520. The zero-order chi connectivity index (χ0) is 9.52. The van der Waals surface area contributed by atoms with E-state index in [0.29, 0.717) is 6.04 Å². The van der Waals surface area contributed by atoms with Gasteiger partial charge in [0.15, 0.2) is 0 Å². The number of nitrogens with one attached hydrogen (secondary N) is 2. The zero-order valence-corrected chi connectivity index (χ0v) is 8.69. The Kier molecular flexibility index (Phi) is 4.88. The van der Waals surface area contributed by atoms with Gasteiger partial charge in [0.2, 0.25) is 0 Å². The molecule has 1 heterocycles. The first-order valence-corrected chi connectivity index (χ1v) is 5.18. The average Bonchev–Trinajstić information content (AvgIpc) is 2.19. The minimum absolute atomic E-state index is 0.614. The lowest BCUT2D eigenvalue weighted by atomic mass is 9.91. The molecule has 2 nitrogen and oxygen atoms in total. The summed E-state index contributed by atoms with van der Waals surface area (Å²) in [4.78, 5) is 0. The molecule has 1 atom stereocenters. The van der Waals surface area contributed by atoms with Crippen LogP contribution in [0.5, 0.6) is 0 Å². The summed E-state index contributed by atoms with van der Waals surface area (Å²) < 4.78 is 0. The van der Waals surface area contributed by atoms with Crippen molar-refractivity contribution in [2.75, 3.05) is 19.6 Å². The highest BCUT2D eigenvalue weighted by Crippen LogP contribution is 2.15. The Morgan fingerprint density at radius 3 is 2.77 bits per heavy atom. The van der Waals surface area contributed by atoms with Crippen molar-refractivity contribution in [1.29, 1.82) is 0 Å². The highest BCUT2D eigenvalue weighted by Gasteiger charge is 2.18. The maximum atomic E-state index is 3.45. The van der Waals surface area contributed by atoms with Gasteiger partial charge in [0, 0.05) is 6.04 Å². The van der Waals surface area contributed by atoms with Gasteiger partial charge in [0.25, 0.3) is 0 Å². The molecule has 74 valence electrons. The summed E-state index contributed by atoms with van der Waals surface area (Å²) >= 11 is 0. The molecule has 1 aliphatic heterocycles. The lowest BCUT2D eigenvalue weighted by molar-refractivity contribution is 0.300. The molecule has 2 heteroatoms. The van der Waals surface area contributed by atoms with Crippen LogP contribution in [0.2, 0.25) is 0 Å². The van der Waals surface area contributed by atoms with Crippen molar-refractivity contribution in [2.45, 2.75) is 32.7 Å². The molecule has 0 aromatic carbocycles. The molecule has 1 fully saturated rings. The maximum Gasteiger partial charge on any atom is 0.0578 e. The topological polar surface area (TPSA) is 24.1 Å². The Morgan fingerprint density at radius 1 is 1.46 bits per heavy atom. The van der Waals surface area contributed by atoms with E-state index in [2.05, 4.69) is 29.4 Å². The largest absolute Gasteiger partial charge is 0.317 e. The summed E-state index contributed by atoms with van der Waals surface area (Å²) in [5.41, 5.74) is 0. The van der Waals surface area contributed by atoms with E-state index in [1.165, 1.54) is 25.9 Å². The van der Waals surface area contributed by atoms with Crippen LogP contribution in [0.4, 0.5) is 0 Å². The van der Waals surface area contributed by atoms with Crippen LogP contribution >= 0.6 is 0 Å². The lowest BCUT2D eigenvalue weighted by Crippen LogP contribution is -2.40. The molecule has 1 unspecified atom stereocenters. The maximum absolute atomic E-state index is 3.45. The molecule has 13 heavy (non-hydrogen) atoms. The van der Waals surface area contributed by atoms with Crippen molar-refractivity contribution in [1.82, 2.24) is 10.6 Å². The van der Waals surface area contributed by atoms with Crippen molar-refractivity contribution in [3.8, 4) is 11.8 Å². The molecule has 2 N–H and O–H groups in total. The summed E-state index contributed by atoms with van der Waals surface area (Å²) in [6.45, 7) is 7.35. The zero-order valence-electron chi connectivity index (χ0n) is 8.69. The number of piperidine rings is 1. The van der Waals surface area contributed by atoms with Crippen LogP contribution in [0.1, 0.15) is 26.7 Å². The SMILES string of the molecule is CC#CCNC(C)C1CCNCC1. The van der Waals surface area contributed by atoms with Gasteiger partial charge in [-0.3, -0.25) is 0 Å². The standard InChI is InChI=1S/C11H20N2/c1-3-4-7-13-10(2)11-5-8-12-9-6-11/h10-13H,5-9H2,1-2H3.